The average Bonchev–Trinajstić information content (AvgIpc) is 2.20. The van der Waals surface area contributed by atoms with Crippen LogP contribution in [0.25, 0.3) is 0 Å². The lowest BCUT2D eigenvalue weighted by Crippen LogP contribution is -2.45. The standard InChI is InChI=1S/C10H18F3NO3/c1-9(14,8(15)16-2)4-3-6-17-7-5-10(11,12)13/h3-7,14H2,1-2H3. The average molecular weight is 257 g/mol. The molecule has 0 spiro atoms. The molecule has 0 amide bonds. The van der Waals surface area contributed by atoms with E-state index in [1.165, 1.54) is 14.0 Å². The summed E-state index contributed by atoms with van der Waals surface area (Å²) in [6.07, 6.45) is -4.47. The molecule has 0 saturated heterocycles. The molecule has 0 saturated carbocycles. The molecule has 0 aliphatic heterocycles. The van der Waals surface area contributed by atoms with E-state index in [2.05, 4.69) is 4.74 Å². The highest BCUT2D eigenvalue weighted by molar-refractivity contribution is 5.79. The van der Waals surface area contributed by atoms with E-state index >= 15 is 0 Å². The van der Waals surface area contributed by atoms with Crippen molar-refractivity contribution in [3.05, 3.63) is 0 Å². The molecule has 0 aliphatic rings. The number of halogens is 3. The van der Waals surface area contributed by atoms with Gasteiger partial charge in [0.15, 0.2) is 0 Å². The Labute approximate surface area is 98.2 Å². The maximum absolute atomic E-state index is 11.7. The smallest absolute Gasteiger partial charge is 0.391 e. The summed E-state index contributed by atoms with van der Waals surface area (Å²) in [6.45, 7) is 1.28. The Balaban J connectivity index is 3.62. The zero-order valence-corrected chi connectivity index (χ0v) is 9.97. The van der Waals surface area contributed by atoms with Gasteiger partial charge in [-0.2, -0.15) is 13.2 Å². The number of esters is 1. The molecular formula is C10H18F3NO3. The van der Waals surface area contributed by atoms with Crippen molar-refractivity contribution in [1.82, 2.24) is 0 Å². The van der Waals surface area contributed by atoms with Crippen LogP contribution in [0.3, 0.4) is 0 Å². The Morgan fingerprint density at radius 3 is 2.29 bits per heavy atom. The van der Waals surface area contributed by atoms with Crippen molar-refractivity contribution in [1.29, 1.82) is 0 Å². The third kappa shape index (κ3) is 7.98. The molecule has 0 bridgehead atoms. The molecule has 102 valence electrons. The summed E-state index contributed by atoms with van der Waals surface area (Å²) in [4.78, 5) is 11.1. The highest BCUT2D eigenvalue weighted by atomic mass is 19.4. The lowest BCUT2D eigenvalue weighted by molar-refractivity contribution is -0.147. The molecule has 1 atom stereocenters. The Hall–Kier alpha value is -0.820. The summed E-state index contributed by atoms with van der Waals surface area (Å²) in [7, 11) is 1.23. The molecule has 0 aliphatic carbocycles. The van der Waals surface area contributed by atoms with Crippen LogP contribution in [-0.2, 0) is 14.3 Å². The SMILES string of the molecule is COC(=O)C(C)(N)CCCOCCC(F)(F)F. The second kappa shape index (κ2) is 6.80. The van der Waals surface area contributed by atoms with E-state index in [-0.39, 0.29) is 13.2 Å². The van der Waals surface area contributed by atoms with Crippen LogP contribution in [0.1, 0.15) is 26.2 Å². The van der Waals surface area contributed by atoms with E-state index in [1.54, 1.807) is 0 Å². The van der Waals surface area contributed by atoms with Gasteiger partial charge in [0.2, 0.25) is 0 Å². The monoisotopic (exact) mass is 257 g/mol. The third-order valence-electron chi connectivity index (χ3n) is 2.17. The lowest BCUT2D eigenvalue weighted by Gasteiger charge is -2.21. The second-order valence-electron chi connectivity index (χ2n) is 3.99. The Morgan fingerprint density at radius 2 is 1.82 bits per heavy atom. The molecule has 0 fully saturated rings. The van der Waals surface area contributed by atoms with Gasteiger partial charge >= 0.3 is 12.1 Å². The fraction of sp³-hybridized carbons (Fsp3) is 0.900. The van der Waals surface area contributed by atoms with E-state index in [0.717, 1.165) is 0 Å². The number of rotatable bonds is 7. The van der Waals surface area contributed by atoms with Crippen LogP contribution in [-0.4, -0.2) is 38.0 Å². The fourth-order valence-electron chi connectivity index (χ4n) is 1.17. The van der Waals surface area contributed by atoms with Gasteiger partial charge in [0.25, 0.3) is 0 Å². The summed E-state index contributed by atoms with van der Waals surface area (Å²) in [5.74, 6) is -0.548. The van der Waals surface area contributed by atoms with E-state index < -0.39 is 24.1 Å². The molecule has 7 heteroatoms. The van der Waals surface area contributed by atoms with Crippen molar-refractivity contribution in [2.45, 2.75) is 37.9 Å². The van der Waals surface area contributed by atoms with Crippen LogP contribution in [0, 0.1) is 0 Å². The number of carbonyl (C=O) groups excluding carboxylic acids is 1. The summed E-state index contributed by atoms with van der Waals surface area (Å²) in [6, 6.07) is 0. The molecule has 0 rings (SSSR count). The number of hydrogen-bond acceptors (Lipinski definition) is 4. The molecule has 0 heterocycles. The van der Waals surface area contributed by atoms with Crippen molar-refractivity contribution in [3.8, 4) is 0 Å². The Morgan fingerprint density at radius 1 is 1.24 bits per heavy atom. The van der Waals surface area contributed by atoms with E-state index in [1.807, 2.05) is 0 Å². The minimum absolute atomic E-state index is 0.139. The molecule has 17 heavy (non-hydrogen) atoms. The van der Waals surface area contributed by atoms with Gasteiger partial charge in [-0.3, -0.25) is 4.79 Å². The van der Waals surface area contributed by atoms with Gasteiger partial charge in [0, 0.05) is 6.61 Å². The van der Waals surface area contributed by atoms with Crippen LogP contribution in [0.5, 0.6) is 0 Å². The maximum atomic E-state index is 11.7. The van der Waals surface area contributed by atoms with Crippen LogP contribution in [0.4, 0.5) is 13.2 Å². The summed E-state index contributed by atoms with van der Waals surface area (Å²) in [5, 5.41) is 0. The first-order chi connectivity index (χ1) is 7.69. The molecule has 0 aromatic rings. The quantitative estimate of drug-likeness (QED) is 0.556. The van der Waals surface area contributed by atoms with Gasteiger partial charge < -0.3 is 15.2 Å². The number of nitrogens with two attached hydrogens (primary N) is 1. The van der Waals surface area contributed by atoms with Gasteiger partial charge in [0.05, 0.1) is 20.1 Å². The maximum Gasteiger partial charge on any atom is 0.391 e. The molecule has 0 aromatic heterocycles. The number of methoxy groups -OCH3 is 1. The number of ether oxygens (including phenoxy) is 2. The Bertz CT molecular complexity index is 241. The van der Waals surface area contributed by atoms with Crippen molar-refractivity contribution in [2.75, 3.05) is 20.3 Å². The first-order valence-electron chi connectivity index (χ1n) is 5.21. The van der Waals surface area contributed by atoms with Gasteiger partial charge in [0.1, 0.15) is 5.54 Å². The third-order valence-corrected chi connectivity index (χ3v) is 2.17. The predicted molar refractivity (Wildman–Crippen MR) is 55.3 cm³/mol. The first-order valence-corrected chi connectivity index (χ1v) is 5.21. The van der Waals surface area contributed by atoms with Crippen molar-refractivity contribution in [2.24, 2.45) is 5.73 Å². The zero-order valence-electron chi connectivity index (χ0n) is 9.97. The van der Waals surface area contributed by atoms with Crippen LogP contribution in [0.15, 0.2) is 0 Å². The van der Waals surface area contributed by atoms with Crippen molar-refractivity contribution in [3.63, 3.8) is 0 Å². The van der Waals surface area contributed by atoms with Crippen LogP contribution in [0.2, 0.25) is 0 Å². The van der Waals surface area contributed by atoms with E-state index in [9.17, 15) is 18.0 Å². The molecule has 1 unspecified atom stereocenters. The largest absolute Gasteiger partial charge is 0.468 e. The topological polar surface area (TPSA) is 61.5 Å². The minimum Gasteiger partial charge on any atom is -0.468 e. The van der Waals surface area contributed by atoms with Crippen molar-refractivity contribution >= 4 is 5.97 Å². The Kier molecular flexibility index (Phi) is 6.48. The molecule has 2 N–H and O–H groups in total. The molecule has 0 aromatic carbocycles. The molecule has 0 radical (unpaired) electrons. The predicted octanol–water partition coefficient (Wildman–Crippen LogP) is 1.63. The summed E-state index contributed by atoms with van der Waals surface area (Å²) >= 11 is 0. The zero-order chi connectivity index (χ0) is 13.5. The molecule has 4 nitrogen and oxygen atoms in total. The minimum atomic E-state index is -4.20. The van der Waals surface area contributed by atoms with Gasteiger partial charge in [-0.1, -0.05) is 0 Å². The first kappa shape index (κ1) is 16.2. The number of alkyl halides is 3. The van der Waals surface area contributed by atoms with Crippen LogP contribution >= 0.6 is 0 Å². The number of carbonyl (C=O) groups is 1. The fourth-order valence-corrected chi connectivity index (χ4v) is 1.17. The van der Waals surface area contributed by atoms with Gasteiger partial charge in [-0.25, -0.2) is 0 Å². The van der Waals surface area contributed by atoms with Crippen LogP contribution < -0.4 is 5.73 Å². The van der Waals surface area contributed by atoms with E-state index in [0.29, 0.717) is 12.8 Å². The lowest BCUT2D eigenvalue weighted by atomic mass is 9.98. The summed E-state index contributed by atoms with van der Waals surface area (Å²) < 4.78 is 44.5. The van der Waals surface area contributed by atoms with Crippen molar-refractivity contribution < 1.29 is 27.4 Å². The van der Waals surface area contributed by atoms with Gasteiger partial charge in [-0.05, 0) is 19.8 Å². The second-order valence-corrected chi connectivity index (χ2v) is 3.99. The highest BCUT2D eigenvalue weighted by Gasteiger charge is 2.29. The van der Waals surface area contributed by atoms with E-state index in [4.69, 9.17) is 10.5 Å². The van der Waals surface area contributed by atoms with Gasteiger partial charge in [-0.15, -0.1) is 0 Å². The highest BCUT2D eigenvalue weighted by Crippen LogP contribution is 2.19. The normalized spacial score (nSPS) is 15.4. The molecular weight excluding hydrogens is 239 g/mol. The number of hydrogen-bond donors (Lipinski definition) is 1. The summed E-state index contributed by atoms with van der Waals surface area (Å²) in [5.41, 5.74) is 4.52.